The summed E-state index contributed by atoms with van der Waals surface area (Å²) in [5.41, 5.74) is 1.70. The van der Waals surface area contributed by atoms with Crippen LogP contribution < -0.4 is 5.32 Å². The molecule has 1 rings (SSSR count). The molecule has 0 aliphatic heterocycles. The second-order valence-electron chi connectivity index (χ2n) is 3.86. The van der Waals surface area contributed by atoms with Crippen LogP contribution >= 0.6 is 0 Å². The van der Waals surface area contributed by atoms with Gasteiger partial charge >= 0.3 is 5.97 Å². The van der Waals surface area contributed by atoms with Crippen LogP contribution in [0.15, 0.2) is 12.1 Å². The number of terminal acetylenes is 1. The van der Waals surface area contributed by atoms with Crippen LogP contribution in [0.2, 0.25) is 0 Å². The minimum Gasteiger partial charge on any atom is -0.480 e. The molecule has 0 aliphatic rings. The summed E-state index contributed by atoms with van der Waals surface area (Å²) >= 11 is 0. The highest BCUT2D eigenvalue weighted by Crippen LogP contribution is 2.07. The number of nitrogens with one attached hydrogen (secondary N) is 1. The number of rotatable bonds is 4. The Balaban J connectivity index is 2.87. The van der Waals surface area contributed by atoms with Gasteiger partial charge in [0.2, 0.25) is 0 Å². The van der Waals surface area contributed by atoms with Crippen molar-refractivity contribution in [2.75, 3.05) is 0 Å². The fourth-order valence-corrected chi connectivity index (χ4v) is 1.48. The number of aryl methyl sites for hydroxylation is 2. The van der Waals surface area contributed by atoms with Crippen molar-refractivity contribution >= 4 is 11.9 Å². The molecule has 0 aliphatic carbocycles. The number of aromatic nitrogens is 1. The lowest BCUT2D eigenvalue weighted by Gasteiger charge is -2.12. The number of carboxylic acid groups (broad SMARTS) is 1. The number of pyridine rings is 1. The van der Waals surface area contributed by atoms with Gasteiger partial charge in [-0.05, 0) is 26.0 Å². The first-order valence-corrected chi connectivity index (χ1v) is 5.37. The number of hydrogen-bond donors (Lipinski definition) is 2. The van der Waals surface area contributed by atoms with E-state index in [9.17, 15) is 9.59 Å². The van der Waals surface area contributed by atoms with E-state index >= 15 is 0 Å². The third kappa shape index (κ3) is 3.32. The van der Waals surface area contributed by atoms with Crippen molar-refractivity contribution in [2.24, 2.45) is 0 Å². The van der Waals surface area contributed by atoms with Gasteiger partial charge in [0.15, 0.2) is 0 Å². The minimum absolute atomic E-state index is 0.0561. The third-order valence-corrected chi connectivity index (χ3v) is 2.40. The van der Waals surface area contributed by atoms with Crippen molar-refractivity contribution in [1.82, 2.24) is 10.3 Å². The van der Waals surface area contributed by atoms with Gasteiger partial charge in [0, 0.05) is 12.1 Å². The predicted molar refractivity (Wildman–Crippen MR) is 66.1 cm³/mol. The van der Waals surface area contributed by atoms with E-state index in [1.54, 1.807) is 19.1 Å². The number of carboxylic acids is 1. The summed E-state index contributed by atoms with van der Waals surface area (Å²) in [6.07, 6.45) is 5.00. The van der Waals surface area contributed by atoms with Gasteiger partial charge in [-0.1, -0.05) is 0 Å². The second kappa shape index (κ2) is 5.82. The van der Waals surface area contributed by atoms with E-state index in [0.717, 1.165) is 5.69 Å². The molecule has 1 aromatic rings. The summed E-state index contributed by atoms with van der Waals surface area (Å²) in [4.78, 5) is 26.9. The van der Waals surface area contributed by atoms with Crippen molar-refractivity contribution in [3.8, 4) is 12.3 Å². The van der Waals surface area contributed by atoms with Gasteiger partial charge in [0.1, 0.15) is 6.04 Å². The molecule has 0 saturated carbocycles. The Morgan fingerprint density at radius 2 is 2.17 bits per heavy atom. The molecule has 0 spiro atoms. The van der Waals surface area contributed by atoms with Gasteiger partial charge in [-0.25, -0.2) is 4.79 Å². The zero-order valence-electron chi connectivity index (χ0n) is 10.2. The lowest BCUT2D eigenvalue weighted by Crippen LogP contribution is -2.40. The summed E-state index contributed by atoms with van der Waals surface area (Å²) in [6, 6.07) is 2.23. The van der Waals surface area contributed by atoms with Crippen LogP contribution in [0.4, 0.5) is 0 Å². The van der Waals surface area contributed by atoms with Gasteiger partial charge in [-0.3, -0.25) is 9.78 Å². The molecule has 0 bridgehead atoms. The predicted octanol–water partition coefficient (Wildman–Crippen LogP) is 0.905. The first kappa shape index (κ1) is 13.7. The van der Waals surface area contributed by atoms with E-state index in [-0.39, 0.29) is 6.42 Å². The normalized spacial score (nSPS) is 11.4. The minimum atomic E-state index is -1.15. The highest BCUT2D eigenvalue weighted by Gasteiger charge is 2.20. The zero-order chi connectivity index (χ0) is 13.7. The van der Waals surface area contributed by atoms with E-state index in [1.165, 1.54) is 0 Å². The Morgan fingerprint density at radius 3 is 2.67 bits per heavy atom. The lowest BCUT2D eigenvalue weighted by atomic mass is 10.1. The quantitative estimate of drug-likeness (QED) is 0.774. The number of nitrogens with zero attached hydrogens (tertiary/aromatic N) is 1. The van der Waals surface area contributed by atoms with E-state index in [4.69, 9.17) is 11.5 Å². The molecular formula is C13H14N2O3. The van der Waals surface area contributed by atoms with Crippen molar-refractivity contribution in [3.63, 3.8) is 0 Å². The fourth-order valence-electron chi connectivity index (χ4n) is 1.48. The molecule has 5 heteroatoms. The third-order valence-electron chi connectivity index (χ3n) is 2.40. The molecule has 0 aromatic carbocycles. The summed E-state index contributed by atoms with van der Waals surface area (Å²) in [5, 5.41) is 11.3. The summed E-state index contributed by atoms with van der Waals surface area (Å²) in [6.45, 7) is 3.51. The molecule has 0 radical (unpaired) electrons. The van der Waals surface area contributed by atoms with Gasteiger partial charge in [0.05, 0.1) is 11.3 Å². The molecule has 1 amide bonds. The molecule has 2 N–H and O–H groups in total. The summed E-state index contributed by atoms with van der Waals surface area (Å²) in [5.74, 6) is 0.581. The summed E-state index contributed by atoms with van der Waals surface area (Å²) in [7, 11) is 0. The molecule has 5 nitrogen and oxygen atoms in total. The molecule has 0 fully saturated rings. The van der Waals surface area contributed by atoms with Crippen LogP contribution in [-0.2, 0) is 4.79 Å². The Hall–Kier alpha value is -2.35. The van der Waals surface area contributed by atoms with Crippen molar-refractivity contribution < 1.29 is 14.7 Å². The maximum Gasteiger partial charge on any atom is 0.327 e. The van der Waals surface area contributed by atoms with Crippen LogP contribution in [-0.4, -0.2) is 28.0 Å². The Kier molecular flexibility index (Phi) is 4.44. The van der Waals surface area contributed by atoms with Crippen LogP contribution in [0.5, 0.6) is 0 Å². The number of amides is 1. The van der Waals surface area contributed by atoms with E-state index in [1.807, 2.05) is 6.92 Å². The molecule has 0 saturated heterocycles. The van der Waals surface area contributed by atoms with Gasteiger partial charge in [-0.2, -0.15) is 0 Å². The monoisotopic (exact) mass is 246 g/mol. The van der Waals surface area contributed by atoms with Gasteiger partial charge in [-0.15, -0.1) is 12.3 Å². The van der Waals surface area contributed by atoms with Crippen molar-refractivity contribution in [2.45, 2.75) is 26.3 Å². The molecule has 94 valence electrons. The van der Waals surface area contributed by atoms with Crippen molar-refractivity contribution in [1.29, 1.82) is 0 Å². The summed E-state index contributed by atoms with van der Waals surface area (Å²) < 4.78 is 0. The maximum atomic E-state index is 11.9. The Morgan fingerprint density at radius 1 is 1.50 bits per heavy atom. The number of aliphatic carboxylic acids is 1. The van der Waals surface area contributed by atoms with Crippen LogP contribution in [0.3, 0.4) is 0 Å². The SMILES string of the molecule is C#CCC(NC(=O)c1ccc(C)nc1C)C(=O)O. The highest BCUT2D eigenvalue weighted by molar-refractivity contribution is 5.97. The second-order valence-corrected chi connectivity index (χ2v) is 3.86. The molecule has 1 heterocycles. The largest absolute Gasteiger partial charge is 0.480 e. The molecule has 1 atom stereocenters. The van der Waals surface area contributed by atoms with Crippen molar-refractivity contribution in [3.05, 3.63) is 29.1 Å². The lowest BCUT2D eigenvalue weighted by molar-refractivity contribution is -0.139. The molecular weight excluding hydrogens is 232 g/mol. The number of carbonyl (C=O) groups excluding carboxylic acids is 1. The standard InChI is InChI=1S/C13H14N2O3/c1-4-5-11(13(17)18)15-12(16)10-7-6-8(2)14-9(10)3/h1,6-7,11H,5H2,2-3H3,(H,15,16)(H,17,18). The van der Waals surface area contributed by atoms with Gasteiger partial charge < -0.3 is 10.4 Å². The average molecular weight is 246 g/mol. The first-order valence-electron chi connectivity index (χ1n) is 5.37. The highest BCUT2D eigenvalue weighted by atomic mass is 16.4. The Labute approximate surface area is 105 Å². The van der Waals surface area contributed by atoms with E-state index < -0.39 is 17.9 Å². The maximum absolute atomic E-state index is 11.9. The van der Waals surface area contributed by atoms with Gasteiger partial charge in [0.25, 0.3) is 5.91 Å². The fraction of sp³-hybridized carbons (Fsp3) is 0.308. The van der Waals surface area contributed by atoms with E-state index in [0.29, 0.717) is 11.3 Å². The smallest absolute Gasteiger partial charge is 0.327 e. The van der Waals surface area contributed by atoms with Crippen LogP contribution in [0, 0.1) is 26.2 Å². The average Bonchev–Trinajstić information content (AvgIpc) is 2.27. The van der Waals surface area contributed by atoms with E-state index in [2.05, 4.69) is 16.2 Å². The zero-order valence-corrected chi connectivity index (χ0v) is 10.2. The van der Waals surface area contributed by atoms with Crippen LogP contribution in [0.1, 0.15) is 28.2 Å². The molecule has 1 unspecified atom stereocenters. The number of hydrogen-bond acceptors (Lipinski definition) is 3. The molecule has 1 aromatic heterocycles. The Bertz CT molecular complexity index is 517. The topological polar surface area (TPSA) is 79.3 Å². The molecule has 18 heavy (non-hydrogen) atoms. The number of carbonyl (C=O) groups is 2. The van der Waals surface area contributed by atoms with Crippen LogP contribution in [0.25, 0.3) is 0 Å². The first-order chi connectivity index (χ1) is 8.45.